The maximum absolute atomic E-state index is 12.9. The normalized spacial score (nSPS) is 20.7. The summed E-state index contributed by atoms with van der Waals surface area (Å²) in [7, 11) is 0. The number of anilines is 2. The Balaban J connectivity index is 1.79. The lowest BCUT2D eigenvalue weighted by Gasteiger charge is -2.30. The van der Waals surface area contributed by atoms with Crippen molar-refractivity contribution in [3.8, 4) is 0 Å². The molecule has 1 N–H and O–H groups in total. The highest BCUT2D eigenvalue weighted by Gasteiger charge is 2.24. The van der Waals surface area contributed by atoms with E-state index in [1.165, 1.54) is 0 Å². The summed E-state index contributed by atoms with van der Waals surface area (Å²) in [6.45, 7) is 0. The third-order valence-electron chi connectivity index (χ3n) is 4.22. The fourth-order valence-electron chi connectivity index (χ4n) is 2.97. The van der Waals surface area contributed by atoms with Crippen LogP contribution in [0.4, 0.5) is 16.2 Å². The minimum Gasteiger partial charge on any atom is -0.335 e. The largest absolute Gasteiger partial charge is 0.335 e. The van der Waals surface area contributed by atoms with Crippen LogP contribution in [0.1, 0.15) is 25.7 Å². The van der Waals surface area contributed by atoms with Crippen LogP contribution in [0.15, 0.2) is 60.7 Å². The summed E-state index contributed by atoms with van der Waals surface area (Å²) >= 11 is 6.15. The van der Waals surface area contributed by atoms with E-state index in [0.717, 1.165) is 37.1 Å². The molecule has 0 aliphatic heterocycles. The predicted octanol–water partition coefficient (Wildman–Crippen LogP) is 5.08. The monoisotopic (exact) mass is 328 g/mol. The molecular weight excluding hydrogens is 308 g/mol. The Morgan fingerprint density at radius 1 is 0.870 bits per heavy atom. The molecule has 1 aliphatic carbocycles. The quantitative estimate of drug-likeness (QED) is 0.782. The van der Waals surface area contributed by atoms with Crippen molar-refractivity contribution in [3.05, 3.63) is 60.7 Å². The first-order valence-electron chi connectivity index (χ1n) is 8.09. The van der Waals surface area contributed by atoms with E-state index in [9.17, 15) is 4.79 Å². The molecule has 2 aromatic carbocycles. The SMILES string of the molecule is O=C(NC1CCC(Cl)CC1)N(c1ccccc1)c1ccccc1. The van der Waals surface area contributed by atoms with Crippen molar-refractivity contribution in [2.45, 2.75) is 37.1 Å². The number of nitrogens with zero attached hydrogens (tertiary/aromatic N) is 1. The van der Waals surface area contributed by atoms with Crippen LogP contribution in [0.25, 0.3) is 0 Å². The molecule has 1 fully saturated rings. The van der Waals surface area contributed by atoms with Gasteiger partial charge in [0.15, 0.2) is 0 Å². The summed E-state index contributed by atoms with van der Waals surface area (Å²) in [6, 6.07) is 19.6. The van der Waals surface area contributed by atoms with Gasteiger partial charge in [-0.15, -0.1) is 11.6 Å². The molecule has 0 aromatic heterocycles. The second kappa shape index (κ2) is 7.51. The number of carbonyl (C=O) groups excluding carboxylic acids is 1. The zero-order valence-corrected chi connectivity index (χ0v) is 13.7. The van der Waals surface area contributed by atoms with E-state index in [4.69, 9.17) is 11.6 Å². The van der Waals surface area contributed by atoms with Gasteiger partial charge in [-0.25, -0.2) is 4.79 Å². The van der Waals surface area contributed by atoms with Crippen LogP contribution in [-0.4, -0.2) is 17.5 Å². The number of amides is 2. The van der Waals surface area contributed by atoms with E-state index < -0.39 is 0 Å². The Morgan fingerprint density at radius 3 is 1.83 bits per heavy atom. The number of carbonyl (C=O) groups is 1. The van der Waals surface area contributed by atoms with E-state index in [-0.39, 0.29) is 17.5 Å². The first-order chi connectivity index (χ1) is 11.2. The van der Waals surface area contributed by atoms with E-state index in [1.807, 2.05) is 60.7 Å². The van der Waals surface area contributed by atoms with Crippen molar-refractivity contribution in [2.75, 3.05) is 4.90 Å². The number of alkyl halides is 1. The van der Waals surface area contributed by atoms with Gasteiger partial charge < -0.3 is 5.32 Å². The molecule has 120 valence electrons. The summed E-state index contributed by atoms with van der Waals surface area (Å²) in [5.41, 5.74) is 1.73. The molecule has 0 bridgehead atoms. The van der Waals surface area contributed by atoms with Gasteiger partial charge in [-0.05, 0) is 49.9 Å². The highest BCUT2D eigenvalue weighted by atomic mass is 35.5. The molecule has 0 spiro atoms. The summed E-state index contributed by atoms with van der Waals surface area (Å²) in [6.07, 6.45) is 3.81. The molecule has 1 aliphatic rings. The summed E-state index contributed by atoms with van der Waals surface area (Å²) < 4.78 is 0. The van der Waals surface area contributed by atoms with Gasteiger partial charge in [0.1, 0.15) is 0 Å². The number of halogens is 1. The van der Waals surface area contributed by atoms with Crippen molar-refractivity contribution in [1.29, 1.82) is 0 Å². The van der Waals surface area contributed by atoms with Crippen molar-refractivity contribution in [3.63, 3.8) is 0 Å². The van der Waals surface area contributed by atoms with E-state index >= 15 is 0 Å². The third-order valence-corrected chi connectivity index (χ3v) is 4.65. The Kier molecular flexibility index (Phi) is 5.19. The Hall–Kier alpha value is -2.00. The molecule has 23 heavy (non-hydrogen) atoms. The average molecular weight is 329 g/mol. The van der Waals surface area contributed by atoms with E-state index in [1.54, 1.807) is 4.90 Å². The maximum Gasteiger partial charge on any atom is 0.326 e. The number of hydrogen-bond acceptors (Lipinski definition) is 1. The first kappa shape index (κ1) is 15.9. The zero-order valence-electron chi connectivity index (χ0n) is 13.0. The van der Waals surface area contributed by atoms with Crippen molar-refractivity contribution in [2.24, 2.45) is 0 Å². The molecule has 3 rings (SSSR count). The fraction of sp³-hybridized carbons (Fsp3) is 0.316. The second-order valence-electron chi connectivity index (χ2n) is 5.90. The molecule has 0 radical (unpaired) electrons. The lowest BCUT2D eigenvalue weighted by atomic mass is 9.95. The molecule has 1 saturated carbocycles. The molecule has 0 heterocycles. The molecule has 0 saturated heterocycles. The van der Waals surface area contributed by atoms with Crippen LogP contribution in [-0.2, 0) is 0 Å². The molecule has 2 aromatic rings. The predicted molar refractivity (Wildman–Crippen MR) is 95.5 cm³/mol. The van der Waals surface area contributed by atoms with Crippen LogP contribution in [0.3, 0.4) is 0 Å². The Morgan fingerprint density at radius 2 is 1.35 bits per heavy atom. The molecule has 2 amide bonds. The van der Waals surface area contributed by atoms with E-state index in [2.05, 4.69) is 5.32 Å². The van der Waals surface area contributed by atoms with Gasteiger partial charge in [0.05, 0.1) is 11.4 Å². The summed E-state index contributed by atoms with van der Waals surface area (Å²) in [5, 5.41) is 3.42. The number of urea groups is 1. The zero-order chi connectivity index (χ0) is 16.1. The number of para-hydroxylation sites is 2. The van der Waals surface area contributed by atoms with Gasteiger partial charge in [0.2, 0.25) is 0 Å². The number of nitrogens with one attached hydrogen (secondary N) is 1. The van der Waals surface area contributed by atoms with Crippen molar-refractivity contribution in [1.82, 2.24) is 5.32 Å². The van der Waals surface area contributed by atoms with Crippen LogP contribution in [0, 0.1) is 0 Å². The smallest absolute Gasteiger partial charge is 0.326 e. The second-order valence-corrected chi connectivity index (χ2v) is 6.52. The topological polar surface area (TPSA) is 32.3 Å². The van der Waals surface area contributed by atoms with Gasteiger partial charge in [0, 0.05) is 11.4 Å². The number of rotatable bonds is 3. The molecule has 4 heteroatoms. The lowest BCUT2D eigenvalue weighted by Crippen LogP contribution is -2.44. The standard InChI is InChI=1S/C19H21ClN2O/c20-15-11-13-16(14-12-15)21-19(23)22(17-7-3-1-4-8-17)18-9-5-2-6-10-18/h1-10,15-16H,11-14H2,(H,21,23). The van der Waals surface area contributed by atoms with Gasteiger partial charge in [0.25, 0.3) is 0 Å². The van der Waals surface area contributed by atoms with Gasteiger partial charge >= 0.3 is 6.03 Å². The van der Waals surface area contributed by atoms with Gasteiger partial charge in [-0.2, -0.15) is 0 Å². The van der Waals surface area contributed by atoms with Crippen molar-refractivity contribution >= 4 is 29.0 Å². The van der Waals surface area contributed by atoms with Crippen LogP contribution >= 0.6 is 11.6 Å². The molecule has 0 unspecified atom stereocenters. The summed E-state index contributed by atoms with van der Waals surface area (Å²) in [4.78, 5) is 14.6. The first-order valence-corrected chi connectivity index (χ1v) is 8.52. The molecular formula is C19H21ClN2O. The molecule has 0 atom stereocenters. The minimum absolute atomic E-state index is 0.0829. The third kappa shape index (κ3) is 4.05. The maximum atomic E-state index is 12.9. The van der Waals surface area contributed by atoms with Gasteiger partial charge in [-0.3, -0.25) is 4.90 Å². The highest BCUT2D eigenvalue weighted by molar-refractivity contribution is 6.20. The Labute approximate surface area is 142 Å². The fourth-order valence-corrected chi connectivity index (χ4v) is 3.23. The van der Waals surface area contributed by atoms with E-state index in [0.29, 0.717) is 0 Å². The number of benzene rings is 2. The summed E-state index contributed by atoms with van der Waals surface area (Å²) in [5.74, 6) is 0. The highest BCUT2D eigenvalue weighted by Crippen LogP contribution is 2.27. The van der Waals surface area contributed by atoms with Crippen LogP contribution < -0.4 is 10.2 Å². The number of hydrogen-bond donors (Lipinski definition) is 1. The van der Waals surface area contributed by atoms with Crippen molar-refractivity contribution < 1.29 is 4.79 Å². The van der Waals surface area contributed by atoms with Gasteiger partial charge in [-0.1, -0.05) is 36.4 Å². The average Bonchev–Trinajstić information content (AvgIpc) is 2.59. The lowest BCUT2D eigenvalue weighted by molar-refractivity contribution is 0.240. The molecule has 3 nitrogen and oxygen atoms in total. The minimum atomic E-state index is -0.0829. The van der Waals surface area contributed by atoms with Crippen LogP contribution in [0.2, 0.25) is 0 Å². The van der Waals surface area contributed by atoms with Crippen LogP contribution in [0.5, 0.6) is 0 Å². The Bertz CT molecular complexity index is 585.